The van der Waals surface area contributed by atoms with E-state index in [1.165, 1.54) is 0 Å². The maximum absolute atomic E-state index is 11.9. The highest BCUT2D eigenvalue weighted by molar-refractivity contribution is 14.0. The number of amides is 1. The molecule has 0 radical (unpaired) electrons. The van der Waals surface area contributed by atoms with Gasteiger partial charge in [0.25, 0.3) is 5.91 Å². The zero-order valence-corrected chi connectivity index (χ0v) is 17.9. The number of nitrogens with zero attached hydrogens (tertiary/aromatic N) is 2. The number of benzene rings is 1. The largest absolute Gasteiger partial charge is 0.454 e. The Kier molecular flexibility index (Phi) is 8.79. The summed E-state index contributed by atoms with van der Waals surface area (Å²) in [5.41, 5.74) is 1.70. The molecule has 1 aromatic heterocycles. The molecule has 3 rings (SSSR count). The highest BCUT2D eigenvalue weighted by Crippen LogP contribution is 2.32. The van der Waals surface area contributed by atoms with Crippen LogP contribution in [0, 0.1) is 0 Å². The van der Waals surface area contributed by atoms with Crippen molar-refractivity contribution in [2.45, 2.75) is 6.42 Å². The van der Waals surface area contributed by atoms with Gasteiger partial charge in [0.1, 0.15) is 0 Å². The number of carbonyl (C=O) groups excluding carboxylic acids is 1. The molecule has 0 atom stereocenters. The van der Waals surface area contributed by atoms with E-state index in [0.717, 1.165) is 30.0 Å². The fraction of sp³-hybridized carbons (Fsp3) is 0.316. The maximum Gasteiger partial charge on any atom is 0.252 e. The van der Waals surface area contributed by atoms with Gasteiger partial charge in [-0.3, -0.25) is 14.8 Å². The van der Waals surface area contributed by atoms with E-state index < -0.39 is 0 Å². The Morgan fingerprint density at radius 3 is 2.68 bits per heavy atom. The lowest BCUT2D eigenvalue weighted by atomic mass is 10.1. The highest BCUT2D eigenvalue weighted by Gasteiger charge is 2.13. The Labute approximate surface area is 181 Å². The molecule has 0 saturated heterocycles. The van der Waals surface area contributed by atoms with Gasteiger partial charge in [-0.2, -0.15) is 0 Å². The van der Waals surface area contributed by atoms with Crippen LogP contribution < -0.4 is 25.4 Å². The van der Waals surface area contributed by atoms with Crippen molar-refractivity contribution in [1.29, 1.82) is 0 Å². The van der Waals surface area contributed by atoms with Gasteiger partial charge in [-0.15, -0.1) is 24.0 Å². The SMILES string of the molecule is CN=C(NCCNC(=O)c1cccnc1)NCCc1ccc2c(c1)OCO2.I. The molecule has 28 heavy (non-hydrogen) atoms. The van der Waals surface area contributed by atoms with Crippen molar-refractivity contribution in [3.8, 4) is 11.5 Å². The Morgan fingerprint density at radius 2 is 1.89 bits per heavy atom. The van der Waals surface area contributed by atoms with Crippen LogP contribution in [0.4, 0.5) is 0 Å². The van der Waals surface area contributed by atoms with Crippen LogP contribution in [0.5, 0.6) is 11.5 Å². The van der Waals surface area contributed by atoms with E-state index in [1.54, 1.807) is 31.6 Å². The van der Waals surface area contributed by atoms with Gasteiger partial charge in [0.05, 0.1) is 5.56 Å². The molecule has 0 unspecified atom stereocenters. The van der Waals surface area contributed by atoms with E-state index in [9.17, 15) is 4.79 Å². The second kappa shape index (κ2) is 11.3. The van der Waals surface area contributed by atoms with Crippen LogP contribution >= 0.6 is 24.0 Å². The van der Waals surface area contributed by atoms with E-state index in [4.69, 9.17) is 9.47 Å². The van der Waals surface area contributed by atoms with Crippen LogP contribution in [-0.2, 0) is 6.42 Å². The quantitative estimate of drug-likeness (QED) is 0.233. The van der Waals surface area contributed by atoms with Gasteiger partial charge in [-0.05, 0) is 36.2 Å². The molecule has 2 aromatic rings. The van der Waals surface area contributed by atoms with Gasteiger partial charge in [0, 0.05) is 39.1 Å². The smallest absolute Gasteiger partial charge is 0.252 e. The van der Waals surface area contributed by atoms with E-state index in [1.807, 2.05) is 18.2 Å². The van der Waals surface area contributed by atoms with E-state index in [-0.39, 0.29) is 36.7 Å². The molecule has 1 aromatic carbocycles. The monoisotopic (exact) mass is 497 g/mol. The van der Waals surface area contributed by atoms with Crippen molar-refractivity contribution in [3.63, 3.8) is 0 Å². The van der Waals surface area contributed by atoms with Gasteiger partial charge in [-0.25, -0.2) is 0 Å². The highest BCUT2D eigenvalue weighted by atomic mass is 127. The molecule has 0 spiro atoms. The van der Waals surface area contributed by atoms with E-state index in [0.29, 0.717) is 24.6 Å². The zero-order valence-electron chi connectivity index (χ0n) is 15.6. The lowest BCUT2D eigenvalue weighted by Gasteiger charge is -2.12. The Morgan fingerprint density at radius 1 is 1.11 bits per heavy atom. The van der Waals surface area contributed by atoms with Crippen LogP contribution in [0.3, 0.4) is 0 Å². The molecule has 3 N–H and O–H groups in total. The first-order valence-electron chi connectivity index (χ1n) is 8.77. The van der Waals surface area contributed by atoms with Gasteiger partial charge < -0.3 is 25.4 Å². The van der Waals surface area contributed by atoms with Crippen molar-refractivity contribution < 1.29 is 14.3 Å². The number of aliphatic imine (C=N–C) groups is 1. The summed E-state index contributed by atoms with van der Waals surface area (Å²) in [6.45, 7) is 2.05. The van der Waals surface area contributed by atoms with Crippen LogP contribution in [-0.4, -0.2) is 50.3 Å². The molecule has 0 saturated carbocycles. The lowest BCUT2D eigenvalue weighted by Crippen LogP contribution is -2.42. The number of ether oxygens (including phenoxy) is 2. The van der Waals surface area contributed by atoms with E-state index >= 15 is 0 Å². The summed E-state index contributed by atoms with van der Waals surface area (Å²) in [7, 11) is 1.71. The molecule has 1 aliphatic heterocycles. The molecule has 0 aliphatic carbocycles. The summed E-state index contributed by atoms with van der Waals surface area (Å²) in [6, 6.07) is 9.41. The molecule has 150 valence electrons. The molecule has 8 nitrogen and oxygen atoms in total. The standard InChI is InChI=1S/C19H23N5O3.HI/c1-20-19(24-10-9-22-18(25)15-3-2-7-21-12-15)23-8-6-14-4-5-16-17(11-14)27-13-26-16;/h2-5,7,11-12H,6,8-10,13H2,1H3,(H,22,25)(H2,20,23,24);1H. The molecule has 9 heteroatoms. The van der Waals surface area contributed by atoms with Crippen LogP contribution in [0.1, 0.15) is 15.9 Å². The van der Waals surface area contributed by atoms with Crippen molar-refractivity contribution >= 4 is 35.8 Å². The normalized spacial score (nSPS) is 12.1. The zero-order chi connectivity index (χ0) is 18.9. The number of fused-ring (bicyclic) bond motifs is 1. The number of aromatic nitrogens is 1. The molecular formula is C19H24IN5O3. The number of pyridine rings is 1. The van der Waals surface area contributed by atoms with Crippen LogP contribution in [0.15, 0.2) is 47.7 Å². The topological polar surface area (TPSA) is 96.9 Å². The van der Waals surface area contributed by atoms with Gasteiger partial charge in [-0.1, -0.05) is 6.07 Å². The lowest BCUT2D eigenvalue weighted by molar-refractivity contribution is 0.0954. The van der Waals surface area contributed by atoms with Crippen molar-refractivity contribution in [2.24, 2.45) is 4.99 Å². The average molecular weight is 497 g/mol. The predicted octanol–water partition coefficient (Wildman–Crippen LogP) is 1.57. The van der Waals surface area contributed by atoms with Crippen molar-refractivity contribution in [2.75, 3.05) is 33.5 Å². The Bertz CT molecular complexity index is 801. The van der Waals surface area contributed by atoms with Crippen molar-refractivity contribution in [1.82, 2.24) is 20.9 Å². The number of nitrogens with one attached hydrogen (secondary N) is 3. The van der Waals surface area contributed by atoms with Crippen molar-refractivity contribution in [3.05, 3.63) is 53.9 Å². The second-order valence-electron chi connectivity index (χ2n) is 5.86. The molecule has 1 aliphatic rings. The number of hydrogen-bond donors (Lipinski definition) is 3. The summed E-state index contributed by atoms with van der Waals surface area (Å²) in [4.78, 5) is 20.0. The summed E-state index contributed by atoms with van der Waals surface area (Å²) < 4.78 is 10.7. The second-order valence-corrected chi connectivity index (χ2v) is 5.86. The molecule has 0 bridgehead atoms. The minimum atomic E-state index is -0.143. The minimum absolute atomic E-state index is 0. The van der Waals surface area contributed by atoms with Crippen LogP contribution in [0.25, 0.3) is 0 Å². The van der Waals surface area contributed by atoms with Gasteiger partial charge >= 0.3 is 0 Å². The van der Waals surface area contributed by atoms with Gasteiger partial charge in [0.2, 0.25) is 6.79 Å². The Hall–Kier alpha value is -2.56. The third-order valence-electron chi connectivity index (χ3n) is 3.99. The number of guanidine groups is 1. The average Bonchev–Trinajstić information content (AvgIpc) is 3.18. The minimum Gasteiger partial charge on any atom is -0.454 e. The molecule has 2 heterocycles. The number of rotatable bonds is 7. The Balaban J connectivity index is 0.00000280. The third kappa shape index (κ3) is 6.25. The third-order valence-corrected chi connectivity index (χ3v) is 3.99. The molecule has 1 amide bonds. The maximum atomic E-state index is 11.9. The van der Waals surface area contributed by atoms with Gasteiger partial charge in [0.15, 0.2) is 17.5 Å². The molecule has 0 fully saturated rings. The predicted molar refractivity (Wildman–Crippen MR) is 118 cm³/mol. The first kappa shape index (κ1) is 21.7. The number of carbonyl (C=O) groups is 1. The molecular weight excluding hydrogens is 473 g/mol. The fourth-order valence-corrected chi connectivity index (χ4v) is 2.60. The summed E-state index contributed by atoms with van der Waals surface area (Å²) in [5, 5.41) is 9.25. The summed E-state index contributed by atoms with van der Waals surface area (Å²) in [6.07, 6.45) is 4.01. The number of halogens is 1. The number of hydrogen-bond acceptors (Lipinski definition) is 5. The van der Waals surface area contributed by atoms with E-state index in [2.05, 4.69) is 25.9 Å². The first-order valence-corrected chi connectivity index (χ1v) is 8.77. The summed E-state index contributed by atoms with van der Waals surface area (Å²) >= 11 is 0. The first-order chi connectivity index (χ1) is 13.3. The fourth-order valence-electron chi connectivity index (χ4n) is 2.60. The van der Waals surface area contributed by atoms with Crippen LogP contribution in [0.2, 0.25) is 0 Å². The summed E-state index contributed by atoms with van der Waals surface area (Å²) in [5.74, 6) is 2.12.